The van der Waals surface area contributed by atoms with Crippen molar-refractivity contribution in [1.82, 2.24) is 0 Å². The van der Waals surface area contributed by atoms with Gasteiger partial charge in [-0.3, -0.25) is 0 Å². The normalized spacial score (nSPS) is 11.3. The van der Waals surface area contributed by atoms with E-state index in [1.54, 1.807) is 0 Å². The van der Waals surface area contributed by atoms with Crippen molar-refractivity contribution in [1.29, 1.82) is 0 Å². The van der Waals surface area contributed by atoms with E-state index in [0.29, 0.717) is 6.61 Å². The molecule has 4 nitrogen and oxygen atoms in total. The molecular weight excluding hydrogens is 307 g/mol. The third kappa shape index (κ3) is 6.20. The minimum Gasteiger partial charge on any atom is -0.547 e. The van der Waals surface area contributed by atoms with Gasteiger partial charge in [0.2, 0.25) is 0 Å². The Kier molecular flexibility index (Phi) is 8.93. The number of carboxylic acids is 1. The average Bonchev–Trinajstić information content (AvgIpc) is 2.52. The number of rotatable bonds is 7. The molecule has 0 aliphatic carbocycles. The Morgan fingerprint density at radius 1 is 1.05 bits per heavy atom. The summed E-state index contributed by atoms with van der Waals surface area (Å²) in [7, 11) is 1.36. The zero-order chi connectivity index (χ0) is 15.1. The van der Waals surface area contributed by atoms with Gasteiger partial charge in [-0.15, -0.1) is 0 Å². The molecule has 0 aromatic heterocycles. The molecule has 1 atom stereocenters. The van der Waals surface area contributed by atoms with Crippen LogP contribution in [0.25, 0.3) is 0 Å². The molecule has 110 valence electrons. The maximum absolute atomic E-state index is 10.8. The molecule has 2 rings (SSSR count). The van der Waals surface area contributed by atoms with E-state index < -0.39 is 12.1 Å². The second-order valence-corrected chi connectivity index (χ2v) is 4.67. The summed E-state index contributed by atoms with van der Waals surface area (Å²) in [4.78, 5) is 10.8. The number of benzene rings is 2. The Balaban J connectivity index is 0.00000242. The standard InChI is InChI=1S/C17H18O4.K/c1-20-16(17(18)19)11-13-7-9-15(10-8-13)21-12-14-5-3-2-4-6-14;/h2-10,16H,11-12H2,1H3,(H,18,19);/q;+1/p-1. The Morgan fingerprint density at radius 2 is 1.68 bits per heavy atom. The molecule has 0 bridgehead atoms. The second-order valence-electron chi connectivity index (χ2n) is 4.67. The first-order valence-corrected chi connectivity index (χ1v) is 6.68. The molecule has 0 saturated carbocycles. The second kappa shape index (κ2) is 10.2. The molecule has 5 heteroatoms. The minimum atomic E-state index is -1.21. The van der Waals surface area contributed by atoms with Crippen molar-refractivity contribution >= 4 is 5.97 Å². The summed E-state index contributed by atoms with van der Waals surface area (Å²) in [6.07, 6.45) is -0.654. The smallest absolute Gasteiger partial charge is 0.547 e. The molecular formula is C17H17KO4. The largest absolute Gasteiger partial charge is 1.00 e. The van der Waals surface area contributed by atoms with Crippen molar-refractivity contribution in [2.75, 3.05) is 7.11 Å². The van der Waals surface area contributed by atoms with Gasteiger partial charge in [0.1, 0.15) is 18.5 Å². The van der Waals surface area contributed by atoms with Gasteiger partial charge in [0, 0.05) is 13.5 Å². The van der Waals surface area contributed by atoms with E-state index in [1.807, 2.05) is 54.6 Å². The van der Waals surface area contributed by atoms with Crippen molar-refractivity contribution in [2.45, 2.75) is 19.1 Å². The molecule has 1 unspecified atom stereocenters. The van der Waals surface area contributed by atoms with Crippen molar-refractivity contribution in [3.05, 3.63) is 65.7 Å². The molecule has 0 N–H and O–H groups in total. The van der Waals surface area contributed by atoms with E-state index in [-0.39, 0.29) is 57.8 Å². The first-order valence-electron chi connectivity index (χ1n) is 6.68. The topological polar surface area (TPSA) is 58.6 Å². The van der Waals surface area contributed by atoms with Crippen LogP contribution in [-0.2, 0) is 22.6 Å². The summed E-state index contributed by atoms with van der Waals surface area (Å²) in [5.41, 5.74) is 1.95. The summed E-state index contributed by atoms with van der Waals surface area (Å²) < 4.78 is 10.5. The van der Waals surface area contributed by atoms with E-state index in [1.165, 1.54) is 7.11 Å². The van der Waals surface area contributed by atoms with Crippen molar-refractivity contribution < 1.29 is 70.8 Å². The Bertz CT molecular complexity index is 569. The quantitative estimate of drug-likeness (QED) is 0.587. The van der Waals surface area contributed by atoms with E-state index in [9.17, 15) is 9.90 Å². The number of hydrogen-bond acceptors (Lipinski definition) is 4. The summed E-state index contributed by atoms with van der Waals surface area (Å²) in [6, 6.07) is 17.2. The van der Waals surface area contributed by atoms with Gasteiger partial charge in [0.25, 0.3) is 0 Å². The van der Waals surface area contributed by atoms with Crippen LogP contribution in [0.2, 0.25) is 0 Å². The monoisotopic (exact) mass is 324 g/mol. The van der Waals surface area contributed by atoms with Gasteiger partial charge in [0.05, 0.1) is 5.97 Å². The molecule has 0 heterocycles. The zero-order valence-electron chi connectivity index (χ0n) is 12.8. The number of methoxy groups -OCH3 is 1. The van der Waals surface area contributed by atoms with Crippen molar-refractivity contribution in [3.8, 4) is 5.75 Å². The predicted molar refractivity (Wildman–Crippen MR) is 76.7 cm³/mol. The van der Waals surface area contributed by atoms with Gasteiger partial charge in [0.15, 0.2) is 0 Å². The van der Waals surface area contributed by atoms with E-state index >= 15 is 0 Å². The van der Waals surface area contributed by atoms with Crippen LogP contribution in [0.5, 0.6) is 5.75 Å². The number of aliphatic carboxylic acids is 1. The van der Waals surface area contributed by atoms with E-state index in [4.69, 9.17) is 9.47 Å². The first-order chi connectivity index (χ1) is 10.2. The van der Waals surface area contributed by atoms with Crippen LogP contribution < -0.4 is 61.2 Å². The fourth-order valence-electron chi connectivity index (χ4n) is 1.94. The van der Waals surface area contributed by atoms with Crippen LogP contribution in [0.4, 0.5) is 0 Å². The third-order valence-electron chi connectivity index (χ3n) is 3.14. The van der Waals surface area contributed by atoms with E-state index in [0.717, 1.165) is 16.9 Å². The molecule has 2 aromatic carbocycles. The number of hydrogen-bond donors (Lipinski definition) is 0. The predicted octanol–water partition coefficient (Wildman–Crippen LogP) is -1.42. The van der Waals surface area contributed by atoms with Gasteiger partial charge in [-0.25, -0.2) is 0 Å². The average molecular weight is 324 g/mol. The SMILES string of the molecule is COC(Cc1ccc(OCc2ccccc2)cc1)C(=O)[O-].[K+]. The molecule has 0 spiro atoms. The van der Waals surface area contributed by atoms with Crippen LogP contribution in [0, 0.1) is 0 Å². The minimum absolute atomic E-state index is 0. The van der Waals surface area contributed by atoms with Crippen molar-refractivity contribution in [2.24, 2.45) is 0 Å². The van der Waals surface area contributed by atoms with Crippen LogP contribution in [0.15, 0.2) is 54.6 Å². The number of carbonyl (C=O) groups is 1. The molecule has 0 aliphatic heterocycles. The van der Waals surface area contributed by atoms with Crippen LogP contribution in [-0.4, -0.2) is 19.2 Å². The molecule has 0 aliphatic rings. The van der Waals surface area contributed by atoms with Crippen LogP contribution >= 0.6 is 0 Å². The Morgan fingerprint density at radius 3 is 2.23 bits per heavy atom. The Hall–Kier alpha value is -0.694. The summed E-state index contributed by atoms with van der Waals surface area (Å²) in [5, 5.41) is 10.8. The molecule has 0 amide bonds. The van der Waals surface area contributed by atoms with Gasteiger partial charge in [-0.2, -0.15) is 0 Å². The summed E-state index contributed by atoms with van der Waals surface area (Å²) >= 11 is 0. The maximum Gasteiger partial charge on any atom is 1.00 e. The van der Waals surface area contributed by atoms with Gasteiger partial charge in [-0.05, 0) is 23.3 Å². The zero-order valence-corrected chi connectivity index (χ0v) is 15.9. The fraction of sp³-hybridized carbons (Fsp3) is 0.235. The first kappa shape index (κ1) is 19.4. The number of ether oxygens (including phenoxy) is 2. The summed E-state index contributed by atoms with van der Waals surface area (Å²) in [6.45, 7) is 0.500. The molecule has 22 heavy (non-hydrogen) atoms. The van der Waals surface area contributed by atoms with Crippen LogP contribution in [0.3, 0.4) is 0 Å². The molecule has 0 fully saturated rings. The van der Waals surface area contributed by atoms with Gasteiger partial charge < -0.3 is 19.4 Å². The number of carbonyl (C=O) groups excluding carboxylic acids is 1. The molecule has 0 radical (unpaired) electrons. The van der Waals surface area contributed by atoms with Gasteiger partial charge >= 0.3 is 51.4 Å². The van der Waals surface area contributed by atoms with Crippen molar-refractivity contribution in [3.63, 3.8) is 0 Å². The number of carboxylic acid groups (broad SMARTS) is 1. The molecule has 2 aromatic rings. The fourth-order valence-corrected chi connectivity index (χ4v) is 1.94. The molecule has 0 saturated heterocycles. The maximum atomic E-state index is 10.8. The third-order valence-corrected chi connectivity index (χ3v) is 3.14. The van der Waals surface area contributed by atoms with Crippen LogP contribution in [0.1, 0.15) is 11.1 Å². The van der Waals surface area contributed by atoms with Gasteiger partial charge in [-0.1, -0.05) is 42.5 Å². The summed E-state index contributed by atoms with van der Waals surface area (Å²) in [5.74, 6) is -0.466. The van der Waals surface area contributed by atoms with E-state index in [2.05, 4.69) is 0 Å². The Labute approximate surface area is 172 Å².